The predicted molar refractivity (Wildman–Crippen MR) is 518 cm³/mol. The Morgan fingerprint density at radius 1 is 0.185 bits per heavy atom. The molecule has 12 aromatic carbocycles. The first-order chi connectivity index (χ1) is 62.0. The molecule has 0 atom stereocenters. The van der Waals surface area contributed by atoms with E-state index in [4.69, 9.17) is 0 Å². The fourth-order valence-electron chi connectivity index (χ4n) is 13.2. The third-order valence-corrected chi connectivity index (χ3v) is 19.7. The molecule has 8 heterocycles. The van der Waals surface area contributed by atoms with E-state index in [2.05, 4.69) is 213 Å². The second kappa shape index (κ2) is 54.6. The van der Waals surface area contributed by atoms with E-state index in [1.54, 1.807) is 12.4 Å². The van der Waals surface area contributed by atoms with Gasteiger partial charge in [0.25, 0.3) is 0 Å². The third-order valence-electron chi connectivity index (χ3n) is 19.7. The van der Waals surface area contributed by atoms with E-state index in [9.17, 15) is 0 Å². The summed E-state index contributed by atoms with van der Waals surface area (Å²) in [4.78, 5) is 35.3. The summed E-state index contributed by atoms with van der Waals surface area (Å²) < 4.78 is 0. The van der Waals surface area contributed by atoms with Crippen LogP contribution in [-0.2, 0) is 80.4 Å². The van der Waals surface area contributed by atoms with E-state index in [-0.39, 0.29) is 80.4 Å². The van der Waals surface area contributed by atoms with Crippen molar-refractivity contribution in [2.24, 2.45) is 0 Å². The van der Waals surface area contributed by atoms with E-state index in [0.717, 1.165) is 107 Å². The van der Waals surface area contributed by atoms with Crippen LogP contribution in [0.2, 0.25) is 0 Å². The van der Waals surface area contributed by atoms with Crippen molar-refractivity contribution in [1.29, 1.82) is 0 Å². The van der Waals surface area contributed by atoms with Crippen molar-refractivity contribution < 1.29 is 80.4 Å². The zero-order chi connectivity index (χ0) is 87.0. The fraction of sp³-hybridized carbons (Fsp3) is 0.0508. The van der Waals surface area contributed by atoms with Crippen LogP contribution in [0.3, 0.4) is 0 Å². The molecule has 0 aliphatic carbocycles. The molecule has 20 aromatic rings. The molecule has 0 spiro atoms. The Hall–Kier alpha value is -13.6. The van der Waals surface area contributed by atoms with Crippen LogP contribution in [0.5, 0.6) is 0 Å². The molecular weight excluding hydrogens is 2300 g/mol. The molecule has 8 aromatic heterocycles. The van der Waals surface area contributed by atoms with Crippen molar-refractivity contribution in [3.05, 3.63) is 532 Å². The molecule has 0 aliphatic heterocycles. The number of rotatable bonds is 12. The summed E-state index contributed by atoms with van der Waals surface area (Å²) in [5.74, 6) is 0. The first-order valence-electron chi connectivity index (χ1n) is 41.6. The van der Waals surface area contributed by atoms with Gasteiger partial charge >= 0.3 is 0 Å². The zero-order valence-electron chi connectivity index (χ0n) is 72.6. The molecule has 12 heteroatoms. The molecule has 648 valence electrons. The summed E-state index contributed by atoms with van der Waals surface area (Å²) in [6.45, 7) is 12.4. The standard InChI is InChI=1S/4C18H14N.2C12H10N.2C11H8N.4Ir/c2*1-14-12-18(16-10-6-3-7-11-16)19-13-17(14)15-8-4-2-5-9-15;1-14-7-5-6-10-17(14)16-11-12-18(19-13-16)15-8-3-2-4-9-15;1-14-11-12-19-18(13-14)17-9-7-16(8-10-17)15-5-3-2-4-6-15;2*1-10-6-5-9-12(13-10)11-7-3-2-4-8-11;2*1-2-6-10(7-3-1)11-8-4-5-9-12-11;;;;/h2*2-10,12-13H,1H3;2-8,10-13H,1H3;2-9,11-13H,1H3;2*2-7,9H,1H3;2*1-6,8-9H;;;;/q8*-1;;;;. The first-order valence-corrected chi connectivity index (χ1v) is 41.6. The minimum Gasteiger partial charge on any atom is -0.305 e. The van der Waals surface area contributed by atoms with Gasteiger partial charge in [-0.25, -0.2) is 0 Å². The van der Waals surface area contributed by atoms with Crippen molar-refractivity contribution in [1.82, 2.24) is 39.9 Å². The number of aromatic nitrogens is 8. The van der Waals surface area contributed by atoms with E-state index in [0.29, 0.717) is 0 Å². The molecule has 8 nitrogen and oxygen atoms in total. The summed E-state index contributed by atoms with van der Waals surface area (Å²) in [6, 6.07) is 162. The van der Waals surface area contributed by atoms with Gasteiger partial charge in [0.1, 0.15) is 0 Å². The second-order valence-electron chi connectivity index (χ2n) is 29.0. The zero-order valence-corrected chi connectivity index (χ0v) is 82.2. The quantitative estimate of drug-likeness (QED) is 0.111. The van der Waals surface area contributed by atoms with Gasteiger partial charge in [0.2, 0.25) is 0 Å². The van der Waals surface area contributed by atoms with Gasteiger partial charge in [0.05, 0.1) is 0 Å². The summed E-state index contributed by atoms with van der Waals surface area (Å²) >= 11 is 0. The van der Waals surface area contributed by atoms with Crippen molar-refractivity contribution in [2.75, 3.05) is 0 Å². The molecule has 0 fully saturated rings. The van der Waals surface area contributed by atoms with Gasteiger partial charge in [-0.05, 0) is 156 Å². The number of pyridine rings is 8. The van der Waals surface area contributed by atoms with Gasteiger partial charge in [-0.15, -0.1) is 281 Å². The average molecular weight is 2390 g/mol. The summed E-state index contributed by atoms with van der Waals surface area (Å²) in [6.07, 6.45) is 11.2. The second-order valence-corrected chi connectivity index (χ2v) is 29.0. The van der Waals surface area contributed by atoms with Gasteiger partial charge in [-0.1, -0.05) is 211 Å². The maximum Gasteiger partial charge on any atom is 0.0266 e. The fourth-order valence-corrected chi connectivity index (χ4v) is 13.2. The smallest absolute Gasteiger partial charge is 0.0266 e. The molecule has 130 heavy (non-hydrogen) atoms. The van der Waals surface area contributed by atoms with Crippen molar-refractivity contribution in [2.45, 2.75) is 41.5 Å². The minimum atomic E-state index is 0. The van der Waals surface area contributed by atoms with Crippen LogP contribution in [0.25, 0.3) is 135 Å². The molecule has 0 bridgehead atoms. The van der Waals surface area contributed by atoms with Crippen molar-refractivity contribution in [3.63, 3.8) is 0 Å². The van der Waals surface area contributed by atoms with Crippen LogP contribution < -0.4 is 0 Å². The Bertz CT molecular complexity index is 6220. The van der Waals surface area contributed by atoms with E-state index < -0.39 is 0 Å². The minimum absolute atomic E-state index is 0. The predicted octanol–water partition coefficient (Wildman–Crippen LogP) is 28.9. The summed E-state index contributed by atoms with van der Waals surface area (Å²) in [5.41, 5.74) is 32.6. The van der Waals surface area contributed by atoms with E-state index in [1.807, 2.05) is 354 Å². The number of benzene rings is 12. The largest absolute Gasteiger partial charge is 0.305 e. The molecule has 0 unspecified atom stereocenters. The van der Waals surface area contributed by atoms with Crippen LogP contribution in [-0.4, -0.2) is 39.9 Å². The molecule has 0 saturated heterocycles. The van der Waals surface area contributed by atoms with Gasteiger partial charge < -0.3 is 39.9 Å². The Labute approximate surface area is 820 Å². The maximum atomic E-state index is 4.55. The van der Waals surface area contributed by atoms with Gasteiger partial charge in [0, 0.05) is 140 Å². The third kappa shape index (κ3) is 31.1. The van der Waals surface area contributed by atoms with Gasteiger partial charge in [-0.3, -0.25) is 0 Å². The van der Waals surface area contributed by atoms with Crippen molar-refractivity contribution in [3.8, 4) is 135 Å². The SMILES string of the molecule is Cc1cc(-c2[c-]cccc2)ncc1-c1ccccc1.Cc1cc(-c2[c-]cccc2)ncc1-c1ccccc1.Cc1cccc(-c2[c-]cccc2)n1.Cc1cccc(-c2[c-]cccc2)n1.Cc1ccccc1-c1ccc(-c2[c-]cccc2)nc1.Cc1ccnc(-c2[c-]cc(-c3ccccc3)cc2)c1.[Ir].[Ir].[Ir].[Ir].[c-]1ccccc1-c1ccccn1.[c-]1ccccc1-c1ccccn1. The Morgan fingerprint density at radius 3 is 0.846 bits per heavy atom. The molecule has 0 amide bonds. The number of aryl methyl sites for hydroxylation is 6. The number of hydrogen-bond acceptors (Lipinski definition) is 8. The normalized spacial score (nSPS) is 9.83. The van der Waals surface area contributed by atoms with Gasteiger partial charge in [0.15, 0.2) is 0 Å². The molecule has 4 radical (unpaired) electrons. The molecule has 0 saturated carbocycles. The maximum absolute atomic E-state index is 4.55. The van der Waals surface area contributed by atoms with Crippen LogP contribution in [0, 0.1) is 90.1 Å². The number of hydrogen-bond donors (Lipinski definition) is 0. The molecule has 0 N–H and O–H groups in total. The Morgan fingerprint density at radius 2 is 0.508 bits per heavy atom. The van der Waals surface area contributed by atoms with E-state index in [1.165, 1.54) is 61.2 Å². The van der Waals surface area contributed by atoms with Crippen LogP contribution in [0.1, 0.15) is 33.6 Å². The molecule has 0 aliphatic rings. The topological polar surface area (TPSA) is 103 Å². The van der Waals surface area contributed by atoms with Crippen LogP contribution in [0.4, 0.5) is 0 Å². The van der Waals surface area contributed by atoms with Crippen LogP contribution in [0.15, 0.2) is 450 Å². The molecule has 20 rings (SSSR count). The summed E-state index contributed by atoms with van der Waals surface area (Å²) in [5, 5.41) is 0. The monoisotopic (exact) mass is 2390 g/mol. The van der Waals surface area contributed by atoms with Crippen LogP contribution >= 0.6 is 0 Å². The van der Waals surface area contributed by atoms with E-state index >= 15 is 0 Å². The number of nitrogens with zero attached hydrogens (tertiary/aromatic N) is 8. The Kier molecular flexibility index (Phi) is 42.1. The first kappa shape index (κ1) is 100. The summed E-state index contributed by atoms with van der Waals surface area (Å²) in [7, 11) is 0. The Balaban J connectivity index is 0.000000168. The van der Waals surface area contributed by atoms with Gasteiger partial charge in [-0.2, -0.15) is 0 Å². The average Bonchev–Trinajstić information content (AvgIpc) is 0.812. The van der Waals surface area contributed by atoms with Crippen molar-refractivity contribution >= 4 is 0 Å². The molecular formula is C118H92Ir4N8-8.